The summed E-state index contributed by atoms with van der Waals surface area (Å²) < 4.78 is 18.5. The van der Waals surface area contributed by atoms with Gasteiger partial charge in [0, 0.05) is 6.07 Å². The molecule has 1 aromatic rings. The van der Waals surface area contributed by atoms with Crippen molar-refractivity contribution in [2.45, 2.75) is 19.4 Å². The average molecular weight is 235 g/mol. The van der Waals surface area contributed by atoms with Crippen LogP contribution in [0, 0.1) is 5.82 Å². The van der Waals surface area contributed by atoms with Gasteiger partial charge in [-0.25, -0.2) is 4.39 Å². The SMILES string of the molecule is COc1c(O)cc(Cl)c(F)c1C(C)(C)O. The number of hydrogen-bond donors (Lipinski definition) is 2. The van der Waals surface area contributed by atoms with E-state index < -0.39 is 11.4 Å². The molecular formula is C10H12ClFO3. The molecule has 0 unspecified atom stereocenters. The van der Waals surface area contributed by atoms with Gasteiger partial charge in [-0.2, -0.15) is 0 Å². The van der Waals surface area contributed by atoms with Gasteiger partial charge in [-0.3, -0.25) is 0 Å². The van der Waals surface area contributed by atoms with Gasteiger partial charge >= 0.3 is 0 Å². The highest BCUT2D eigenvalue weighted by Crippen LogP contribution is 2.41. The number of aromatic hydroxyl groups is 1. The van der Waals surface area contributed by atoms with Crippen LogP contribution >= 0.6 is 11.6 Å². The molecule has 0 bridgehead atoms. The summed E-state index contributed by atoms with van der Waals surface area (Å²) in [6.45, 7) is 2.76. The number of methoxy groups -OCH3 is 1. The fourth-order valence-corrected chi connectivity index (χ4v) is 1.55. The van der Waals surface area contributed by atoms with Crippen molar-refractivity contribution in [1.82, 2.24) is 0 Å². The first-order valence-corrected chi connectivity index (χ1v) is 4.64. The molecule has 3 nitrogen and oxygen atoms in total. The topological polar surface area (TPSA) is 49.7 Å². The Bertz CT molecular complexity index is 385. The monoisotopic (exact) mass is 234 g/mol. The summed E-state index contributed by atoms with van der Waals surface area (Å²) in [4.78, 5) is 0. The fourth-order valence-electron chi connectivity index (χ4n) is 1.35. The lowest BCUT2D eigenvalue weighted by Gasteiger charge is -2.22. The van der Waals surface area contributed by atoms with Crippen molar-refractivity contribution in [2.75, 3.05) is 7.11 Å². The van der Waals surface area contributed by atoms with Crippen molar-refractivity contribution < 1.29 is 19.3 Å². The molecule has 1 rings (SSSR count). The Kier molecular flexibility index (Phi) is 3.11. The number of halogens is 2. The highest BCUT2D eigenvalue weighted by atomic mass is 35.5. The summed E-state index contributed by atoms with van der Waals surface area (Å²) >= 11 is 5.55. The third kappa shape index (κ3) is 2.16. The van der Waals surface area contributed by atoms with Crippen LogP contribution in [0.3, 0.4) is 0 Å². The molecule has 0 aromatic heterocycles. The number of aliphatic hydroxyl groups is 1. The standard InChI is InChI=1S/C10H12ClFO3/c1-10(2,14)7-8(12)5(11)4-6(13)9(7)15-3/h4,13-14H,1-3H3. The average Bonchev–Trinajstić information content (AvgIpc) is 2.08. The highest BCUT2D eigenvalue weighted by molar-refractivity contribution is 6.31. The van der Waals surface area contributed by atoms with Gasteiger partial charge in [-0.1, -0.05) is 11.6 Å². The molecule has 0 spiro atoms. The first-order chi connectivity index (χ1) is 6.79. The fraction of sp³-hybridized carbons (Fsp3) is 0.400. The van der Waals surface area contributed by atoms with Gasteiger partial charge in [0.25, 0.3) is 0 Å². The lowest BCUT2D eigenvalue weighted by molar-refractivity contribution is 0.0709. The Labute approximate surface area is 92.1 Å². The Hall–Kier alpha value is -1.00. The zero-order valence-corrected chi connectivity index (χ0v) is 9.39. The molecular weight excluding hydrogens is 223 g/mol. The maximum atomic E-state index is 13.6. The van der Waals surface area contributed by atoms with E-state index in [0.717, 1.165) is 6.07 Å². The molecule has 0 aliphatic rings. The second-order valence-electron chi connectivity index (χ2n) is 3.66. The number of benzene rings is 1. The molecule has 0 aliphatic heterocycles. The van der Waals surface area contributed by atoms with E-state index in [2.05, 4.69) is 0 Å². The van der Waals surface area contributed by atoms with Crippen LogP contribution < -0.4 is 4.74 Å². The first kappa shape index (κ1) is 12.1. The Morgan fingerprint density at radius 3 is 2.40 bits per heavy atom. The van der Waals surface area contributed by atoms with Crippen LogP contribution in [0.15, 0.2) is 6.07 Å². The summed E-state index contributed by atoms with van der Waals surface area (Å²) in [5.74, 6) is -1.20. The molecule has 0 radical (unpaired) electrons. The summed E-state index contributed by atoms with van der Waals surface area (Å²) in [6, 6.07) is 1.03. The molecule has 5 heteroatoms. The zero-order valence-electron chi connectivity index (χ0n) is 8.64. The highest BCUT2D eigenvalue weighted by Gasteiger charge is 2.29. The molecule has 0 saturated carbocycles. The van der Waals surface area contributed by atoms with Gasteiger partial charge in [-0.05, 0) is 13.8 Å². The van der Waals surface area contributed by atoms with Gasteiger partial charge < -0.3 is 14.9 Å². The summed E-state index contributed by atoms with van der Waals surface area (Å²) in [5, 5.41) is 19.0. The number of ether oxygens (including phenoxy) is 1. The molecule has 0 aliphatic carbocycles. The molecule has 0 saturated heterocycles. The van der Waals surface area contributed by atoms with Gasteiger partial charge in [0.2, 0.25) is 0 Å². The lowest BCUT2D eigenvalue weighted by Crippen LogP contribution is -2.19. The second kappa shape index (κ2) is 3.87. The molecule has 0 heterocycles. The van der Waals surface area contributed by atoms with Crippen molar-refractivity contribution in [3.8, 4) is 11.5 Å². The van der Waals surface area contributed by atoms with Crippen molar-refractivity contribution in [1.29, 1.82) is 0 Å². The van der Waals surface area contributed by atoms with Crippen molar-refractivity contribution >= 4 is 11.6 Å². The predicted octanol–water partition coefficient (Wildman–Crippen LogP) is 2.42. The third-order valence-corrected chi connectivity index (χ3v) is 2.24. The van der Waals surface area contributed by atoms with Gasteiger partial charge in [-0.15, -0.1) is 0 Å². The minimum Gasteiger partial charge on any atom is -0.504 e. The van der Waals surface area contributed by atoms with Crippen LogP contribution in [-0.4, -0.2) is 17.3 Å². The number of rotatable bonds is 2. The van der Waals surface area contributed by atoms with Crippen molar-refractivity contribution in [2.24, 2.45) is 0 Å². The second-order valence-corrected chi connectivity index (χ2v) is 4.07. The third-order valence-electron chi connectivity index (χ3n) is 1.97. The largest absolute Gasteiger partial charge is 0.504 e. The summed E-state index contributed by atoms with van der Waals surface area (Å²) in [7, 11) is 1.28. The van der Waals surface area contributed by atoms with Crippen LogP contribution in [0.5, 0.6) is 11.5 Å². The Morgan fingerprint density at radius 1 is 1.47 bits per heavy atom. The minimum absolute atomic E-state index is 0.107. The summed E-state index contributed by atoms with van der Waals surface area (Å²) in [5.41, 5.74) is -1.65. The van der Waals surface area contributed by atoms with E-state index in [0.29, 0.717) is 0 Å². The van der Waals surface area contributed by atoms with Crippen LogP contribution in [0.25, 0.3) is 0 Å². The number of phenols is 1. The maximum Gasteiger partial charge on any atom is 0.169 e. The van der Waals surface area contributed by atoms with E-state index >= 15 is 0 Å². The molecule has 0 fully saturated rings. The molecule has 1 aromatic carbocycles. The van der Waals surface area contributed by atoms with Gasteiger partial charge in [0.15, 0.2) is 17.3 Å². The molecule has 0 amide bonds. The van der Waals surface area contributed by atoms with E-state index in [1.807, 2.05) is 0 Å². The van der Waals surface area contributed by atoms with Gasteiger partial charge in [0.1, 0.15) is 0 Å². The summed E-state index contributed by atoms with van der Waals surface area (Å²) in [6.07, 6.45) is 0. The Balaban J connectivity index is 3.59. The molecule has 15 heavy (non-hydrogen) atoms. The van der Waals surface area contributed by atoms with Crippen LogP contribution in [0.4, 0.5) is 4.39 Å². The van der Waals surface area contributed by atoms with E-state index in [4.69, 9.17) is 16.3 Å². The normalized spacial score (nSPS) is 11.6. The minimum atomic E-state index is -1.49. The van der Waals surface area contributed by atoms with Gasteiger partial charge in [0.05, 0.1) is 23.3 Å². The van der Waals surface area contributed by atoms with Crippen LogP contribution in [-0.2, 0) is 5.60 Å². The van der Waals surface area contributed by atoms with E-state index in [1.165, 1.54) is 21.0 Å². The number of hydrogen-bond acceptors (Lipinski definition) is 3. The predicted molar refractivity (Wildman–Crippen MR) is 54.9 cm³/mol. The molecule has 0 atom stereocenters. The molecule has 84 valence electrons. The van der Waals surface area contributed by atoms with Crippen LogP contribution in [0.2, 0.25) is 5.02 Å². The van der Waals surface area contributed by atoms with Crippen LogP contribution in [0.1, 0.15) is 19.4 Å². The first-order valence-electron chi connectivity index (χ1n) is 4.26. The smallest absolute Gasteiger partial charge is 0.169 e. The Morgan fingerprint density at radius 2 is 2.00 bits per heavy atom. The van der Waals surface area contributed by atoms with Crippen molar-refractivity contribution in [3.63, 3.8) is 0 Å². The van der Waals surface area contributed by atoms with E-state index in [1.54, 1.807) is 0 Å². The zero-order chi connectivity index (χ0) is 11.8. The quantitative estimate of drug-likeness (QED) is 0.826. The maximum absolute atomic E-state index is 13.6. The number of phenolic OH excluding ortho intramolecular Hbond substituents is 1. The molecule has 2 N–H and O–H groups in total. The van der Waals surface area contributed by atoms with E-state index in [-0.39, 0.29) is 22.1 Å². The van der Waals surface area contributed by atoms with Crippen molar-refractivity contribution in [3.05, 3.63) is 22.5 Å². The van der Waals surface area contributed by atoms with E-state index in [9.17, 15) is 14.6 Å². The lowest BCUT2D eigenvalue weighted by atomic mass is 9.96.